The van der Waals surface area contributed by atoms with Crippen LogP contribution in [0, 0.1) is 0 Å². The van der Waals surface area contributed by atoms with Crippen molar-refractivity contribution in [1.29, 1.82) is 0 Å². The Labute approximate surface area is 149 Å². The average molecular weight is 339 g/mol. The lowest BCUT2D eigenvalue weighted by atomic mass is 9.99. The van der Waals surface area contributed by atoms with Crippen LogP contribution in [0.2, 0.25) is 0 Å². The number of ether oxygens (including phenoxy) is 1. The third-order valence-electron chi connectivity index (χ3n) is 3.93. The molecule has 132 valence electrons. The van der Waals surface area contributed by atoms with Gasteiger partial charge in [0.2, 0.25) is 5.91 Å². The van der Waals surface area contributed by atoms with Crippen LogP contribution in [0.25, 0.3) is 0 Å². The minimum absolute atomic E-state index is 0.0165. The number of carbonyl (C=O) groups excluding carboxylic acids is 2. The van der Waals surface area contributed by atoms with E-state index in [0.29, 0.717) is 23.8 Å². The molecule has 0 aliphatic carbocycles. The number of hydrogen-bond acceptors (Lipinski definition) is 3. The molecule has 0 fully saturated rings. The van der Waals surface area contributed by atoms with Crippen molar-refractivity contribution >= 4 is 17.4 Å². The van der Waals surface area contributed by atoms with E-state index < -0.39 is 0 Å². The molecule has 4 heteroatoms. The van der Waals surface area contributed by atoms with Crippen molar-refractivity contribution in [1.82, 2.24) is 0 Å². The predicted octanol–water partition coefficient (Wildman–Crippen LogP) is 4.81. The van der Waals surface area contributed by atoms with Gasteiger partial charge in [-0.3, -0.25) is 9.59 Å². The largest absolute Gasteiger partial charge is 0.494 e. The zero-order valence-electron chi connectivity index (χ0n) is 15.0. The van der Waals surface area contributed by atoms with Crippen molar-refractivity contribution in [2.75, 3.05) is 11.9 Å². The van der Waals surface area contributed by atoms with Crippen molar-refractivity contribution in [3.8, 4) is 5.75 Å². The van der Waals surface area contributed by atoms with Crippen LogP contribution in [0.1, 0.15) is 55.5 Å². The summed E-state index contributed by atoms with van der Waals surface area (Å²) < 4.78 is 5.36. The Balaban J connectivity index is 1.83. The van der Waals surface area contributed by atoms with Crippen molar-refractivity contribution in [2.24, 2.45) is 0 Å². The van der Waals surface area contributed by atoms with Crippen LogP contribution in [0.5, 0.6) is 5.75 Å². The molecule has 0 aliphatic rings. The second-order valence-corrected chi connectivity index (χ2v) is 6.21. The number of ketones is 1. The van der Waals surface area contributed by atoms with Crippen LogP contribution in [0.3, 0.4) is 0 Å². The van der Waals surface area contributed by atoms with E-state index >= 15 is 0 Å². The van der Waals surface area contributed by atoms with E-state index in [1.54, 1.807) is 24.3 Å². The molecule has 4 nitrogen and oxygen atoms in total. The van der Waals surface area contributed by atoms with Crippen molar-refractivity contribution in [2.45, 2.75) is 39.5 Å². The highest BCUT2D eigenvalue weighted by Gasteiger charge is 2.10. The van der Waals surface area contributed by atoms with Gasteiger partial charge in [0.25, 0.3) is 0 Å². The van der Waals surface area contributed by atoms with E-state index in [9.17, 15) is 9.59 Å². The standard InChI is InChI=1S/C21H25NO3/c1-4-25-19-11-9-18(10-12-19)22-21(24)14-13-20(23)17-7-5-16(6-8-17)15(2)3/h5-12,15H,4,13-14H2,1-3H3,(H,22,24). The summed E-state index contributed by atoms with van der Waals surface area (Å²) >= 11 is 0. The predicted molar refractivity (Wildman–Crippen MR) is 100 cm³/mol. The molecule has 2 aromatic rings. The summed E-state index contributed by atoms with van der Waals surface area (Å²) in [5, 5.41) is 2.80. The van der Waals surface area contributed by atoms with Crippen LogP contribution in [-0.2, 0) is 4.79 Å². The van der Waals surface area contributed by atoms with Gasteiger partial charge in [0.15, 0.2) is 5.78 Å². The maximum Gasteiger partial charge on any atom is 0.224 e. The Bertz CT molecular complexity index is 703. The fourth-order valence-corrected chi connectivity index (χ4v) is 2.45. The molecule has 1 N–H and O–H groups in total. The molecule has 0 unspecified atom stereocenters. The molecule has 0 atom stereocenters. The topological polar surface area (TPSA) is 55.4 Å². The van der Waals surface area contributed by atoms with Crippen LogP contribution in [0.4, 0.5) is 5.69 Å². The normalized spacial score (nSPS) is 10.6. The molecule has 0 spiro atoms. The van der Waals surface area contributed by atoms with E-state index in [-0.39, 0.29) is 24.5 Å². The average Bonchev–Trinajstić information content (AvgIpc) is 2.61. The summed E-state index contributed by atoms with van der Waals surface area (Å²) in [5.41, 5.74) is 2.55. The SMILES string of the molecule is CCOc1ccc(NC(=O)CCC(=O)c2ccc(C(C)C)cc2)cc1. The van der Waals surface area contributed by atoms with Gasteiger partial charge < -0.3 is 10.1 Å². The van der Waals surface area contributed by atoms with E-state index in [0.717, 1.165) is 5.75 Å². The summed E-state index contributed by atoms with van der Waals surface area (Å²) in [6, 6.07) is 14.8. The van der Waals surface area contributed by atoms with E-state index in [4.69, 9.17) is 4.74 Å². The maximum atomic E-state index is 12.2. The minimum Gasteiger partial charge on any atom is -0.494 e. The lowest BCUT2D eigenvalue weighted by Crippen LogP contribution is -2.13. The van der Waals surface area contributed by atoms with Gasteiger partial charge in [0, 0.05) is 24.1 Å². The third kappa shape index (κ3) is 5.75. The summed E-state index contributed by atoms with van der Waals surface area (Å²) in [4.78, 5) is 24.2. The number of benzene rings is 2. The van der Waals surface area contributed by atoms with Crippen LogP contribution >= 0.6 is 0 Å². The van der Waals surface area contributed by atoms with Gasteiger partial charge in [-0.2, -0.15) is 0 Å². The Hall–Kier alpha value is -2.62. The number of amides is 1. The quantitative estimate of drug-likeness (QED) is 0.702. The first kappa shape index (κ1) is 18.7. The summed E-state index contributed by atoms with van der Waals surface area (Å²) in [7, 11) is 0. The molecule has 2 rings (SSSR count). The van der Waals surface area contributed by atoms with Crippen LogP contribution in [0.15, 0.2) is 48.5 Å². The van der Waals surface area contributed by atoms with Gasteiger partial charge in [-0.15, -0.1) is 0 Å². The molecule has 0 aliphatic heterocycles. The monoisotopic (exact) mass is 339 g/mol. The molecule has 0 heterocycles. The molecular weight excluding hydrogens is 314 g/mol. The van der Waals surface area contributed by atoms with E-state index in [1.165, 1.54) is 5.56 Å². The van der Waals surface area contributed by atoms with E-state index in [2.05, 4.69) is 19.2 Å². The zero-order chi connectivity index (χ0) is 18.2. The van der Waals surface area contributed by atoms with Crippen molar-refractivity contribution in [3.63, 3.8) is 0 Å². The second-order valence-electron chi connectivity index (χ2n) is 6.21. The fourth-order valence-electron chi connectivity index (χ4n) is 2.45. The first-order valence-electron chi connectivity index (χ1n) is 8.65. The number of Topliss-reactive ketones (excluding diaryl/α,β-unsaturated/α-hetero) is 1. The molecule has 0 saturated heterocycles. The lowest BCUT2D eigenvalue weighted by Gasteiger charge is -2.08. The Morgan fingerprint density at radius 3 is 2.16 bits per heavy atom. The van der Waals surface area contributed by atoms with Crippen LogP contribution < -0.4 is 10.1 Å². The van der Waals surface area contributed by atoms with Gasteiger partial charge in [-0.05, 0) is 42.7 Å². The molecule has 0 bridgehead atoms. The molecule has 1 amide bonds. The Morgan fingerprint density at radius 2 is 1.60 bits per heavy atom. The minimum atomic E-state index is -0.170. The second kappa shape index (κ2) is 9.02. The molecule has 0 aromatic heterocycles. The first-order chi connectivity index (χ1) is 12.0. The summed E-state index contributed by atoms with van der Waals surface area (Å²) in [6.45, 7) is 6.75. The number of rotatable bonds is 8. The van der Waals surface area contributed by atoms with Gasteiger partial charge in [-0.25, -0.2) is 0 Å². The Morgan fingerprint density at radius 1 is 0.960 bits per heavy atom. The molecule has 25 heavy (non-hydrogen) atoms. The van der Waals surface area contributed by atoms with E-state index in [1.807, 2.05) is 31.2 Å². The Kier molecular flexibility index (Phi) is 6.75. The van der Waals surface area contributed by atoms with Crippen molar-refractivity contribution in [3.05, 3.63) is 59.7 Å². The molecule has 2 aromatic carbocycles. The summed E-state index contributed by atoms with van der Waals surface area (Å²) in [5.74, 6) is 1.01. The third-order valence-corrected chi connectivity index (χ3v) is 3.93. The number of nitrogens with one attached hydrogen (secondary N) is 1. The van der Waals surface area contributed by atoms with Gasteiger partial charge in [-0.1, -0.05) is 38.1 Å². The highest BCUT2D eigenvalue weighted by atomic mass is 16.5. The first-order valence-corrected chi connectivity index (χ1v) is 8.65. The molecule has 0 saturated carbocycles. The van der Waals surface area contributed by atoms with Crippen molar-refractivity contribution < 1.29 is 14.3 Å². The van der Waals surface area contributed by atoms with Gasteiger partial charge in [0.1, 0.15) is 5.75 Å². The zero-order valence-corrected chi connectivity index (χ0v) is 15.0. The number of hydrogen-bond donors (Lipinski definition) is 1. The number of carbonyl (C=O) groups is 2. The van der Waals surface area contributed by atoms with Crippen LogP contribution in [-0.4, -0.2) is 18.3 Å². The lowest BCUT2D eigenvalue weighted by molar-refractivity contribution is -0.116. The fraction of sp³-hybridized carbons (Fsp3) is 0.333. The smallest absolute Gasteiger partial charge is 0.224 e. The molecular formula is C21H25NO3. The number of anilines is 1. The molecule has 0 radical (unpaired) electrons. The summed E-state index contributed by atoms with van der Waals surface area (Å²) in [6.07, 6.45) is 0.363. The van der Waals surface area contributed by atoms with Gasteiger partial charge in [0.05, 0.1) is 6.61 Å². The maximum absolute atomic E-state index is 12.2. The van der Waals surface area contributed by atoms with Gasteiger partial charge >= 0.3 is 0 Å². The highest BCUT2D eigenvalue weighted by Crippen LogP contribution is 2.17. The highest BCUT2D eigenvalue weighted by molar-refractivity contribution is 6.00.